The summed E-state index contributed by atoms with van der Waals surface area (Å²) in [6, 6.07) is 6.78. The summed E-state index contributed by atoms with van der Waals surface area (Å²) >= 11 is 3.36. The first-order valence-corrected chi connectivity index (χ1v) is 8.56. The minimum atomic E-state index is -0.664. The van der Waals surface area contributed by atoms with E-state index in [2.05, 4.69) is 20.8 Å². The van der Waals surface area contributed by atoms with E-state index in [-0.39, 0.29) is 12.2 Å². The molecule has 5 nitrogen and oxygen atoms in total. The summed E-state index contributed by atoms with van der Waals surface area (Å²) < 4.78 is 11.3. The van der Waals surface area contributed by atoms with Gasteiger partial charge in [0.1, 0.15) is 17.8 Å². The number of hydrogen-bond donors (Lipinski definition) is 0. The van der Waals surface area contributed by atoms with Gasteiger partial charge < -0.3 is 9.15 Å². The van der Waals surface area contributed by atoms with Crippen LogP contribution in [0.5, 0.6) is 0 Å². The highest BCUT2D eigenvalue weighted by atomic mass is 79.9. The first-order valence-electron chi connectivity index (χ1n) is 7.76. The van der Waals surface area contributed by atoms with Crippen molar-refractivity contribution in [3.05, 3.63) is 44.7 Å². The van der Waals surface area contributed by atoms with Crippen LogP contribution in [0.4, 0.5) is 0 Å². The minimum Gasteiger partial charge on any atom is -0.461 e. The molecule has 1 aromatic carbocycles. The SMILES string of the molecule is O=C(OCCN1CCCCC1)c1cc2cc(Br)ccc2oc1=O. The van der Waals surface area contributed by atoms with E-state index in [1.54, 1.807) is 18.2 Å². The summed E-state index contributed by atoms with van der Waals surface area (Å²) in [6.07, 6.45) is 3.65. The van der Waals surface area contributed by atoms with Crippen molar-refractivity contribution in [2.45, 2.75) is 19.3 Å². The molecule has 0 aliphatic carbocycles. The predicted molar refractivity (Wildman–Crippen MR) is 90.8 cm³/mol. The summed E-state index contributed by atoms with van der Waals surface area (Å²) in [5, 5.41) is 0.682. The van der Waals surface area contributed by atoms with Crippen LogP contribution in [0.2, 0.25) is 0 Å². The quantitative estimate of drug-likeness (QED) is 0.602. The van der Waals surface area contributed by atoms with E-state index in [1.165, 1.54) is 25.3 Å². The Morgan fingerprint density at radius 3 is 2.78 bits per heavy atom. The number of esters is 1. The van der Waals surface area contributed by atoms with Gasteiger partial charge in [-0.1, -0.05) is 22.4 Å². The Hall–Kier alpha value is -1.66. The highest BCUT2D eigenvalue weighted by Crippen LogP contribution is 2.19. The van der Waals surface area contributed by atoms with E-state index < -0.39 is 11.6 Å². The van der Waals surface area contributed by atoms with Gasteiger partial charge in [0, 0.05) is 16.4 Å². The van der Waals surface area contributed by atoms with Crippen molar-refractivity contribution < 1.29 is 13.9 Å². The van der Waals surface area contributed by atoms with E-state index >= 15 is 0 Å². The number of piperidine rings is 1. The van der Waals surface area contributed by atoms with Crippen LogP contribution in [0, 0.1) is 0 Å². The van der Waals surface area contributed by atoms with E-state index in [4.69, 9.17) is 9.15 Å². The fraction of sp³-hybridized carbons (Fsp3) is 0.412. The number of carbonyl (C=O) groups is 1. The molecule has 1 fully saturated rings. The molecule has 0 bridgehead atoms. The number of nitrogens with zero attached hydrogens (tertiary/aromatic N) is 1. The average Bonchev–Trinajstić information content (AvgIpc) is 2.55. The zero-order valence-electron chi connectivity index (χ0n) is 12.7. The zero-order chi connectivity index (χ0) is 16.2. The van der Waals surface area contributed by atoms with E-state index in [9.17, 15) is 9.59 Å². The summed E-state index contributed by atoms with van der Waals surface area (Å²) in [4.78, 5) is 26.3. The second-order valence-corrected chi connectivity index (χ2v) is 6.58. The molecular formula is C17H18BrNO4. The molecule has 122 valence electrons. The van der Waals surface area contributed by atoms with Crippen molar-refractivity contribution in [3.8, 4) is 0 Å². The van der Waals surface area contributed by atoms with Crippen molar-refractivity contribution in [1.29, 1.82) is 0 Å². The number of fused-ring (bicyclic) bond motifs is 1. The number of benzene rings is 1. The highest BCUT2D eigenvalue weighted by Gasteiger charge is 2.16. The van der Waals surface area contributed by atoms with Gasteiger partial charge in [0.2, 0.25) is 0 Å². The number of likely N-dealkylation sites (tertiary alicyclic amines) is 1. The molecule has 23 heavy (non-hydrogen) atoms. The van der Waals surface area contributed by atoms with Crippen LogP contribution < -0.4 is 5.63 Å². The van der Waals surface area contributed by atoms with Crippen LogP contribution in [-0.4, -0.2) is 37.1 Å². The molecular weight excluding hydrogens is 362 g/mol. The molecule has 0 saturated carbocycles. The number of hydrogen-bond acceptors (Lipinski definition) is 5. The molecule has 0 atom stereocenters. The second kappa shape index (κ2) is 7.27. The lowest BCUT2D eigenvalue weighted by molar-refractivity contribution is 0.0447. The van der Waals surface area contributed by atoms with Gasteiger partial charge in [0.15, 0.2) is 0 Å². The van der Waals surface area contributed by atoms with Gasteiger partial charge >= 0.3 is 11.6 Å². The Bertz CT molecular complexity index is 765. The molecule has 0 spiro atoms. The summed E-state index contributed by atoms with van der Waals surface area (Å²) in [5.41, 5.74) is -0.278. The molecule has 3 rings (SSSR count). The normalized spacial score (nSPS) is 15.7. The van der Waals surface area contributed by atoms with Crippen LogP contribution >= 0.6 is 15.9 Å². The third-order valence-electron chi connectivity index (χ3n) is 4.00. The van der Waals surface area contributed by atoms with E-state index in [0.29, 0.717) is 17.5 Å². The standard InChI is InChI=1S/C17H18BrNO4/c18-13-4-5-15-12(10-13)11-14(17(21)23-15)16(20)22-9-8-19-6-2-1-3-7-19/h4-5,10-11H,1-3,6-9H2. The van der Waals surface area contributed by atoms with Crippen molar-refractivity contribution in [2.24, 2.45) is 0 Å². The molecule has 0 N–H and O–H groups in total. The van der Waals surface area contributed by atoms with E-state index in [0.717, 1.165) is 17.6 Å². The maximum absolute atomic E-state index is 12.1. The Morgan fingerprint density at radius 2 is 2.00 bits per heavy atom. The fourth-order valence-electron chi connectivity index (χ4n) is 2.76. The number of ether oxygens (including phenoxy) is 1. The van der Waals surface area contributed by atoms with Crippen LogP contribution in [0.15, 0.2) is 37.9 Å². The zero-order valence-corrected chi connectivity index (χ0v) is 14.3. The lowest BCUT2D eigenvalue weighted by atomic mass is 10.1. The van der Waals surface area contributed by atoms with E-state index in [1.807, 2.05) is 0 Å². The molecule has 1 aliphatic rings. The van der Waals surface area contributed by atoms with Gasteiger partial charge in [-0.15, -0.1) is 0 Å². The average molecular weight is 380 g/mol. The lowest BCUT2D eigenvalue weighted by Crippen LogP contribution is -2.33. The lowest BCUT2D eigenvalue weighted by Gasteiger charge is -2.25. The third kappa shape index (κ3) is 4.00. The number of halogens is 1. The number of rotatable bonds is 4. The molecule has 6 heteroatoms. The highest BCUT2D eigenvalue weighted by molar-refractivity contribution is 9.10. The minimum absolute atomic E-state index is 0.0609. The maximum atomic E-state index is 12.1. The van der Waals surface area contributed by atoms with Crippen molar-refractivity contribution >= 4 is 32.9 Å². The summed E-state index contributed by atoms with van der Waals surface area (Å²) in [7, 11) is 0. The Morgan fingerprint density at radius 1 is 1.22 bits per heavy atom. The topological polar surface area (TPSA) is 59.8 Å². The largest absolute Gasteiger partial charge is 0.461 e. The van der Waals surface area contributed by atoms with Gasteiger partial charge in [-0.25, -0.2) is 9.59 Å². The summed E-state index contributed by atoms with van der Waals surface area (Å²) in [5.74, 6) is -0.627. The first-order chi connectivity index (χ1) is 11.1. The van der Waals surface area contributed by atoms with Crippen LogP contribution in [0.3, 0.4) is 0 Å². The predicted octanol–water partition coefficient (Wildman–Crippen LogP) is 3.20. The molecule has 1 aliphatic heterocycles. The first kappa shape index (κ1) is 16.2. The molecule has 2 heterocycles. The van der Waals surface area contributed by atoms with Crippen molar-refractivity contribution in [3.63, 3.8) is 0 Å². The third-order valence-corrected chi connectivity index (χ3v) is 4.50. The monoisotopic (exact) mass is 379 g/mol. The van der Waals surface area contributed by atoms with Crippen LogP contribution in [-0.2, 0) is 4.74 Å². The Kier molecular flexibility index (Phi) is 5.13. The second-order valence-electron chi connectivity index (χ2n) is 5.67. The van der Waals surface area contributed by atoms with Gasteiger partial charge in [-0.3, -0.25) is 4.90 Å². The number of carbonyl (C=O) groups excluding carboxylic acids is 1. The molecule has 1 aromatic heterocycles. The van der Waals surface area contributed by atoms with Gasteiger partial charge in [-0.2, -0.15) is 0 Å². The molecule has 1 saturated heterocycles. The Balaban J connectivity index is 1.67. The smallest absolute Gasteiger partial charge is 0.351 e. The van der Waals surface area contributed by atoms with Crippen molar-refractivity contribution in [1.82, 2.24) is 4.90 Å². The van der Waals surface area contributed by atoms with Crippen LogP contribution in [0.1, 0.15) is 29.6 Å². The van der Waals surface area contributed by atoms with Gasteiger partial charge in [0.25, 0.3) is 0 Å². The molecule has 0 amide bonds. The molecule has 0 unspecified atom stereocenters. The van der Waals surface area contributed by atoms with Gasteiger partial charge in [-0.05, 0) is 50.2 Å². The molecule has 0 radical (unpaired) electrons. The maximum Gasteiger partial charge on any atom is 0.351 e. The van der Waals surface area contributed by atoms with Gasteiger partial charge in [0.05, 0.1) is 0 Å². The Labute approximate surface area is 142 Å². The summed E-state index contributed by atoms with van der Waals surface area (Å²) in [6.45, 7) is 3.08. The fourth-order valence-corrected chi connectivity index (χ4v) is 3.14. The van der Waals surface area contributed by atoms with Crippen molar-refractivity contribution in [2.75, 3.05) is 26.2 Å². The van der Waals surface area contributed by atoms with Crippen LogP contribution in [0.25, 0.3) is 11.0 Å². The molecule has 2 aromatic rings.